The van der Waals surface area contributed by atoms with Gasteiger partial charge in [-0.3, -0.25) is 14.5 Å². The minimum Gasteiger partial charge on any atom is -0.497 e. The molecule has 178 valence electrons. The monoisotopic (exact) mass is 476 g/mol. The van der Waals surface area contributed by atoms with E-state index in [-0.39, 0.29) is 29.7 Å². The first-order chi connectivity index (χ1) is 15.9. The lowest BCUT2D eigenvalue weighted by Gasteiger charge is -2.25. The number of benzene rings is 2. The van der Waals surface area contributed by atoms with Crippen molar-refractivity contribution < 1.29 is 27.5 Å². The number of hydrogen-bond donors (Lipinski definition) is 3. The summed E-state index contributed by atoms with van der Waals surface area (Å²) in [6.45, 7) is 2.97. The second-order valence-electron chi connectivity index (χ2n) is 7.39. The first-order valence-corrected chi connectivity index (χ1v) is 12.0. The number of sulfonamides is 1. The summed E-state index contributed by atoms with van der Waals surface area (Å²) in [7, 11) is -2.22. The molecule has 2 aromatic rings. The van der Waals surface area contributed by atoms with Crippen LogP contribution in [0.3, 0.4) is 0 Å². The van der Waals surface area contributed by atoms with Crippen molar-refractivity contribution in [1.82, 2.24) is 9.62 Å². The Labute approximate surface area is 193 Å². The summed E-state index contributed by atoms with van der Waals surface area (Å²) < 4.78 is 37.3. The smallest absolute Gasteiger partial charge is 0.240 e. The molecule has 0 aromatic heterocycles. The summed E-state index contributed by atoms with van der Waals surface area (Å²) in [4.78, 5) is 26.4. The molecule has 0 aliphatic carbocycles. The molecule has 10 nitrogen and oxygen atoms in total. The summed E-state index contributed by atoms with van der Waals surface area (Å²) in [6.07, 6.45) is -0.0343. The van der Waals surface area contributed by atoms with Crippen molar-refractivity contribution >= 4 is 33.2 Å². The number of methoxy groups -OCH3 is 1. The maximum atomic E-state index is 12.3. The minimum absolute atomic E-state index is 0.0343. The van der Waals surface area contributed by atoms with Gasteiger partial charge in [0, 0.05) is 37.4 Å². The Morgan fingerprint density at radius 1 is 0.939 bits per heavy atom. The van der Waals surface area contributed by atoms with E-state index in [1.807, 2.05) is 4.90 Å². The Morgan fingerprint density at radius 2 is 1.52 bits per heavy atom. The summed E-state index contributed by atoms with van der Waals surface area (Å²) in [5.41, 5.74) is 1.17. The zero-order valence-electron chi connectivity index (χ0n) is 18.4. The fraction of sp³-hybridized carbons (Fsp3) is 0.364. The third-order valence-corrected chi connectivity index (χ3v) is 6.41. The zero-order chi connectivity index (χ0) is 23.7. The lowest BCUT2D eigenvalue weighted by atomic mass is 10.2. The highest BCUT2D eigenvalue weighted by Crippen LogP contribution is 2.16. The number of hydrogen-bond acceptors (Lipinski definition) is 7. The molecule has 0 unspecified atom stereocenters. The molecular formula is C22H28N4O6S. The molecule has 1 aliphatic heterocycles. The summed E-state index contributed by atoms with van der Waals surface area (Å²) in [5.74, 6) is 0.102. The van der Waals surface area contributed by atoms with Crippen LogP contribution in [0.1, 0.15) is 6.42 Å². The van der Waals surface area contributed by atoms with E-state index in [0.29, 0.717) is 36.9 Å². The number of ether oxygens (including phenoxy) is 2. The van der Waals surface area contributed by atoms with Crippen LogP contribution in [0.2, 0.25) is 0 Å². The van der Waals surface area contributed by atoms with E-state index in [1.54, 1.807) is 36.4 Å². The van der Waals surface area contributed by atoms with Gasteiger partial charge in [-0.05, 0) is 48.5 Å². The Morgan fingerprint density at radius 3 is 2.09 bits per heavy atom. The fourth-order valence-electron chi connectivity index (χ4n) is 3.16. The van der Waals surface area contributed by atoms with Gasteiger partial charge in [0.1, 0.15) is 5.75 Å². The topological polar surface area (TPSA) is 126 Å². The molecule has 2 aromatic carbocycles. The highest BCUT2D eigenvalue weighted by molar-refractivity contribution is 7.89. The molecule has 0 bridgehead atoms. The number of carbonyl (C=O) groups excluding carboxylic acids is 2. The molecule has 0 saturated carbocycles. The van der Waals surface area contributed by atoms with Crippen molar-refractivity contribution in [2.45, 2.75) is 11.3 Å². The van der Waals surface area contributed by atoms with Crippen molar-refractivity contribution in [2.75, 3.05) is 57.1 Å². The maximum Gasteiger partial charge on any atom is 0.240 e. The first kappa shape index (κ1) is 24.6. The maximum absolute atomic E-state index is 12.3. The molecule has 11 heteroatoms. The zero-order valence-corrected chi connectivity index (χ0v) is 19.2. The van der Waals surface area contributed by atoms with Gasteiger partial charge in [-0.15, -0.1) is 0 Å². The van der Waals surface area contributed by atoms with Crippen LogP contribution in [-0.4, -0.2) is 71.6 Å². The Kier molecular flexibility index (Phi) is 8.78. The van der Waals surface area contributed by atoms with Crippen LogP contribution in [-0.2, 0) is 24.3 Å². The molecule has 3 N–H and O–H groups in total. The molecule has 1 saturated heterocycles. The van der Waals surface area contributed by atoms with Gasteiger partial charge in [0.05, 0.1) is 31.8 Å². The third kappa shape index (κ3) is 7.82. The van der Waals surface area contributed by atoms with Gasteiger partial charge in [0.2, 0.25) is 21.8 Å². The van der Waals surface area contributed by atoms with E-state index in [4.69, 9.17) is 9.47 Å². The van der Waals surface area contributed by atoms with E-state index >= 15 is 0 Å². The van der Waals surface area contributed by atoms with Gasteiger partial charge in [-0.2, -0.15) is 0 Å². The summed E-state index contributed by atoms with van der Waals surface area (Å²) >= 11 is 0. The van der Waals surface area contributed by atoms with Crippen LogP contribution in [0.15, 0.2) is 53.4 Å². The van der Waals surface area contributed by atoms with Crippen molar-refractivity contribution in [3.05, 3.63) is 48.5 Å². The van der Waals surface area contributed by atoms with Crippen molar-refractivity contribution in [1.29, 1.82) is 0 Å². The Bertz CT molecular complexity index is 1040. The van der Waals surface area contributed by atoms with E-state index in [0.717, 1.165) is 13.1 Å². The van der Waals surface area contributed by atoms with E-state index in [9.17, 15) is 18.0 Å². The van der Waals surface area contributed by atoms with Crippen molar-refractivity contribution in [2.24, 2.45) is 0 Å². The van der Waals surface area contributed by atoms with E-state index in [1.165, 1.54) is 19.2 Å². The molecular weight excluding hydrogens is 448 g/mol. The van der Waals surface area contributed by atoms with Crippen LogP contribution < -0.4 is 20.1 Å². The van der Waals surface area contributed by atoms with Crippen LogP contribution in [0, 0.1) is 0 Å². The predicted octanol–water partition coefficient (Wildman–Crippen LogP) is 1.27. The molecule has 0 atom stereocenters. The molecule has 1 heterocycles. The molecule has 0 radical (unpaired) electrons. The van der Waals surface area contributed by atoms with Gasteiger partial charge in [0.15, 0.2) is 0 Å². The predicted molar refractivity (Wildman–Crippen MR) is 124 cm³/mol. The highest BCUT2D eigenvalue weighted by atomic mass is 32.2. The fourth-order valence-corrected chi connectivity index (χ4v) is 4.19. The average Bonchev–Trinajstić information content (AvgIpc) is 2.81. The van der Waals surface area contributed by atoms with E-state index in [2.05, 4.69) is 15.4 Å². The third-order valence-electron chi connectivity index (χ3n) is 4.94. The van der Waals surface area contributed by atoms with Crippen LogP contribution in [0.4, 0.5) is 11.4 Å². The largest absolute Gasteiger partial charge is 0.497 e. The minimum atomic E-state index is -3.72. The number of carbonyl (C=O) groups is 2. The van der Waals surface area contributed by atoms with Gasteiger partial charge >= 0.3 is 0 Å². The van der Waals surface area contributed by atoms with Gasteiger partial charge in [-0.1, -0.05) is 0 Å². The molecule has 3 rings (SSSR count). The van der Waals surface area contributed by atoms with Gasteiger partial charge in [0.25, 0.3) is 0 Å². The lowest BCUT2D eigenvalue weighted by molar-refractivity contribution is -0.118. The van der Waals surface area contributed by atoms with Crippen LogP contribution in [0.25, 0.3) is 0 Å². The molecule has 0 spiro atoms. The normalized spacial score (nSPS) is 14.5. The second kappa shape index (κ2) is 11.8. The lowest BCUT2D eigenvalue weighted by Crippen LogP contribution is -2.41. The number of amides is 2. The van der Waals surface area contributed by atoms with Crippen LogP contribution in [0.5, 0.6) is 5.75 Å². The van der Waals surface area contributed by atoms with Crippen molar-refractivity contribution in [3.63, 3.8) is 0 Å². The number of anilines is 2. The Balaban J connectivity index is 1.41. The standard InChI is InChI=1S/C22H28N4O6S/c1-31-19-6-8-20(9-7-19)33(29,30)23-11-10-21(27)24-17-2-4-18(5-3-17)25-22(28)16-26-12-14-32-15-13-26/h2-9,23H,10-16H2,1H3,(H,24,27)(H,25,28). The highest BCUT2D eigenvalue weighted by Gasteiger charge is 2.15. The van der Waals surface area contributed by atoms with Gasteiger partial charge in [-0.25, -0.2) is 13.1 Å². The SMILES string of the molecule is COc1ccc(S(=O)(=O)NCCC(=O)Nc2ccc(NC(=O)CN3CCOCC3)cc2)cc1. The summed E-state index contributed by atoms with van der Waals surface area (Å²) in [6, 6.07) is 12.7. The molecule has 33 heavy (non-hydrogen) atoms. The Hall–Kier alpha value is -2.99. The van der Waals surface area contributed by atoms with Crippen LogP contribution >= 0.6 is 0 Å². The van der Waals surface area contributed by atoms with Gasteiger partial charge < -0.3 is 20.1 Å². The molecule has 1 aliphatic rings. The molecule has 1 fully saturated rings. The second-order valence-corrected chi connectivity index (χ2v) is 9.15. The average molecular weight is 477 g/mol. The number of rotatable bonds is 10. The number of nitrogens with zero attached hydrogens (tertiary/aromatic N) is 1. The van der Waals surface area contributed by atoms with Crippen molar-refractivity contribution in [3.8, 4) is 5.75 Å². The number of nitrogens with one attached hydrogen (secondary N) is 3. The molecule has 2 amide bonds. The van der Waals surface area contributed by atoms with E-state index < -0.39 is 10.0 Å². The first-order valence-electron chi connectivity index (χ1n) is 10.5. The summed E-state index contributed by atoms with van der Waals surface area (Å²) in [5, 5.41) is 5.53. The number of morpholine rings is 1. The quantitative estimate of drug-likeness (QED) is 0.471.